The number of methoxy groups -OCH3 is 1. The fourth-order valence-corrected chi connectivity index (χ4v) is 2.48. The predicted molar refractivity (Wildman–Crippen MR) is 87.2 cm³/mol. The molecule has 2 rings (SSSR count). The lowest BCUT2D eigenvalue weighted by atomic mass is 10.2. The second-order valence-corrected chi connectivity index (χ2v) is 6.12. The highest BCUT2D eigenvalue weighted by atomic mass is 79.9. The normalized spacial score (nSPS) is 10.3. The van der Waals surface area contributed by atoms with Crippen molar-refractivity contribution in [3.05, 3.63) is 55.9 Å². The van der Waals surface area contributed by atoms with E-state index in [0.29, 0.717) is 11.6 Å². The first kappa shape index (κ1) is 14.7. The van der Waals surface area contributed by atoms with Gasteiger partial charge in [-0.2, -0.15) is 0 Å². The van der Waals surface area contributed by atoms with Crippen LogP contribution in [0.5, 0.6) is 5.75 Å². The van der Waals surface area contributed by atoms with Crippen molar-refractivity contribution in [2.24, 2.45) is 0 Å². The summed E-state index contributed by atoms with van der Waals surface area (Å²) < 4.78 is 7.22. The average Bonchev–Trinajstić information content (AvgIpc) is 2.40. The maximum absolute atomic E-state index is 6.07. The number of rotatable bonds is 4. The van der Waals surface area contributed by atoms with E-state index in [1.165, 1.54) is 0 Å². The van der Waals surface area contributed by atoms with Crippen LogP contribution in [0.25, 0.3) is 0 Å². The Morgan fingerprint density at radius 3 is 2.63 bits per heavy atom. The third kappa shape index (κ3) is 3.88. The molecule has 2 aromatic rings. The molecular weight excluding hydrogens is 393 g/mol. The van der Waals surface area contributed by atoms with E-state index in [9.17, 15) is 0 Å². The van der Waals surface area contributed by atoms with Crippen molar-refractivity contribution in [1.29, 1.82) is 0 Å². The van der Waals surface area contributed by atoms with E-state index in [1.807, 2.05) is 36.4 Å². The first-order chi connectivity index (χ1) is 9.10. The van der Waals surface area contributed by atoms with Gasteiger partial charge in [-0.3, -0.25) is 0 Å². The lowest BCUT2D eigenvalue weighted by Gasteiger charge is -2.12. The quantitative estimate of drug-likeness (QED) is 0.727. The van der Waals surface area contributed by atoms with E-state index in [4.69, 9.17) is 16.3 Å². The van der Waals surface area contributed by atoms with Gasteiger partial charge in [-0.05, 0) is 51.8 Å². The first-order valence-corrected chi connectivity index (χ1v) is 7.58. The molecule has 0 aliphatic rings. The van der Waals surface area contributed by atoms with Crippen molar-refractivity contribution in [2.75, 3.05) is 12.4 Å². The van der Waals surface area contributed by atoms with E-state index >= 15 is 0 Å². The van der Waals surface area contributed by atoms with Crippen molar-refractivity contribution < 1.29 is 4.74 Å². The van der Waals surface area contributed by atoms with Crippen molar-refractivity contribution in [3.8, 4) is 5.75 Å². The molecule has 0 atom stereocenters. The van der Waals surface area contributed by atoms with Crippen LogP contribution >= 0.6 is 43.5 Å². The van der Waals surface area contributed by atoms with E-state index < -0.39 is 0 Å². The molecule has 100 valence electrons. The molecule has 2 aromatic carbocycles. The van der Waals surface area contributed by atoms with E-state index in [-0.39, 0.29) is 0 Å². The lowest BCUT2D eigenvalue weighted by Crippen LogP contribution is -2.01. The summed E-state index contributed by atoms with van der Waals surface area (Å²) in [4.78, 5) is 0. The summed E-state index contributed by atoms with van der Waals surface area (Å²) in [5.41, 5.74) is 2.05. The third-order valence-electron chi connectivity index (χ3n) is 2.63. The van der Waals surface area contributed by atoms with Crippen LogP contribution in [-0.2, 0) is 6.54 Å². The van der Waals surface area contributed by atoms with E-state index in [2.05, 4.69) is 37.2 Å². The Labute approximate surface area is 134 Å². The minimum Gasteiger partial charge on any atom is -0.495 e. The predicted octanol–water partition coefficient (Wildman–Crippen LogP) is 5.49. The van der Waals surface area contributed by atoms with Gasteiger partial charge < -0.3 is 10.1 Å². The molecule has 0 aliphatic heterocycles. The van der Waals surface area contributed by atoms with Gasteiger partial charge in [0.05, 0.1) is 17.8 Å². The average molecular weight is 406 g/mol. The van der Waals surface area contributed by atoms with Gasteiger partial charge in [0.25, 0.3) is 0 Å². The van der Waals surface area contributed by atoms with Gasteiger partial charge in [0.2, 0.25) is 0 Å². The maximum atomic E-state index is 6.07. The molecule has 19 heavy (non-hydrogen) atoms. The Hall–Kier alpha value is -0.710. The highest BCUT2D eigenvalue weighted by Crippen LogP contribution is 2.29. The fraction of sp³-hybridized carbons (Fsp3) is 0.143. The molecule has 2 nitrogen and oxygen atoms in total. The monoisotopic (exact) mass is 403 g/mol. The second-order valence-electron chi connectivity index (χ2n) is 3.95. The summed E-state index contributed by atoms with van der Waals surface area (Å²) in [7, 11) is 1.66. The summed E-state index contributed by atoms with van der Waals surface area (Å²) >= 11 is 12.9. The van der Waals surface area contributed by atoms with Crippen molar-refractivity contribution in [3.63, 3.8) is 0 Å². The molecule has 0 unspecified atom stereocenters. The molecule has 0 heterocycles. The minimum absolute atomic E-state index is 0.680. The van der Waals surface area contributed by atoms with Gasteiger partial charge >= 0.3 is 0 Å². The summed E-state index contributed by atoms with van der Waals surface area (Å²) in [6, 6.07) is 11.7. The van der Waals surface area contributed by atoms with Crippen LogP contribution in [0.4, 0.5) is 5.69 Å². The fourth-order valence-electron chi connectivity index (χ4n) is 1.67. The standard InChI is InChI=1S/C14H12Br2ClNO/c1-19-14-5-3-10(15)7-13(14)18-8-9-2-4-11(16)12(17)6-9/h2-7,18H,8H2,1H3. The molecule has 0 saturated carbocycles. The summed E-state index contributed by atoms with van der Waals surface area (Å²) in [6.07, 6.45) is 0. The van der Waals surface area contributed by atoms with Crippen LogP contribution in [0, 0.1) is 0 Å². The molecule has 0 aliphatic carbocycles. The topological polar surface area (TPSA) is 21.3 Å². The van der Waals surface area contributed by atoms with Crippen LogP contribution in [0.3, 0.4) is 0 Å². The second kappa shape index (κ2) is 6.64. The molecule has 0 fully saturated rings. The Bertz CT molecular complexity index is 590. The molecule has 0 bridgehead atoms. The van der Waals surface area contributed by atoms with Crippen LogP contribution < -0.4 is 10.1 Å². The molecule has 1 N–H and O–H groups in total. The van der Waals surface area contributed by atoms with Gasteiger partial charge in [0.1, 0.15) is 5.75 Å². The molecule has 0 amide bonds. The molecule has 5 heteroatoms. The van der Waals surface area contributed by atoms with Gasteiger partial charge in [-0.25, -0.2) is 0 Å². The molecule has 0 spiro atoms. The molecule has 0 saturated heterocycles. The van der Waals surface area contributed by atoms with Crippen LogP contribution in [-0.4, -0.2) is 7.11 Å². The largest absolute Gasteiger partial charge is 0.495 e. The SMILES string of the molecule is COc1ccc(Br)cc1NCc1ccc(Br)c(Cl)c1. The first-order valence-electron chi connectivity index (χ1n) is 5.61. The summed E-state index contributed by atoms with van der Waals surface area (Å²) in [5.74, 6) is 0.811. The number of nitrogens with one attached hydrogen (secondary N) is 1. The maximum Gasteiger partial charge on any atom is 0.142 e. The smallest absolute Gasteiger partial charge is 0.142 e. The highest BCUT2D eigenvalue weighted by molar-refractivity contribution is 9.10. The zero-order valence-corrected chi connectivity index (χ0v) is 14.1. The van der Waals surface area contributed by atoms with E-state index in [0.717, 1.165) is 25.9 Å². The van der Waals surface area contributed by atoms with E-state index in [1.54, 1.807) is 7.11 Å². The Balaban J connectivity index is 2.13. The third-order valence-corrected chi connectivity index (χ3v) is 4.35. The van der Waals surface area contributed by atoms with Gasteiger partial charge in [0, 0.05) is 15.5 Å². The molecule has 0 radical (unpaired) electrons. The minimum atomic E-state index is 0.680. The van der Waals surface area contributed by atoms with Crippen molar-refractivity contribution in [1.82, 2.24) is 0 Å². The zero-order valence-electron chi connectivity index (χ0n) is 10.2. The zero-order chi connectivity index (χ0) is 13.8. The summed E-state index contributed by atoms with van der Waals surface area (Å²) in [5, 5.41) is 4.05. The molecular formula is C14H12Br2ClNO. The number of hydrogen-bond donors (Lipinski definition) is 1. The number of hydrogen-bond acceptors (Lipinski definition) is 2. The van der Waals surface area contributed by atoms with Crippen molar-refractivity contribution >= 4 is 49.1 Å². The highest BCUT2D eigenvalue weighted by Gasteiger charge is 2.04. The van der Waals surface area contributed by atoms with Crippen LogP contribution in [0.2, 0.25) is 5.02 Å². The van der Waals surface area contributed by atoms with Crippen LogP contribution in [0.1, 0.15) is 5.56 Å². The number of anilines is 1. The van der Waals surface area contributed by atoms with Gasteiger partial charge in [-0.1, -0.05) is 33.6 Å². The number of halogens is 3. The lowest BCUT2D eigenvalue weighted by molar-refractivity contribution is 0.416. The Morgan fingerprint density at radius 1 is 1.16 bits per heavy atom. The van der Waals surface area contributed by atoms with Gasteiger partial charge in [-0.15, -0.1) is 0 Å². The van der Waals surface area contributed by atoms with Gasteiger partial charge in [0.15, 0.2) is 0 Å². The number of benzene rings is 2. The van der Waals surface area contributed by atoms with Crippen molar-refractivity contribution in [2.45, 2.75) is 6.54 Å². The molecule has 0 aromatic heterocycles. The Kier molecular flexibility index (Phi) is 5.13. The summed E-state index contributed by atoms with van der Waals surface area (Å²) in [6.45, 7) is 0.680. The Morgan fingerprint density at radius 2 is 1.95 bits per heavy atom. The number of ether oxygens (including phenoxy) is 1. The van der Waals surface area contributed by atoms with Crippen LogP contribution in [0.15, 0.2) is 45.3 Å².